The smallest absolute Gasteiger partial charge is 0.417 e. The first-order chi connectivity index (χ1) is 14.5. The molecular weight excluding hydrogens is 414 g/mol. The molecule has 0 saturated carbocycles. The first kappa shape index (κ1) is 24.1. The van der Waals surface area contributed by atoms with E-state index in [0.717, 1.165) is 0 Å². The van der Waals surface area contributed by atoms with Gasteiger partial charge in [-0.15, -0.1) is 0 Å². The second-order valence-electron chi connectivity index (χ2n) is 8.85. The molecule has 3 aliphatic rings. The number of imide groups is 1. The van der Waals surface area contributed by atoms with Crippen LogP contribution in [0.15, 0.2) is 0 Å². The lowest BCUT2D eigenvalue weighted by molar-refractivity contribution is -0.382. The van der Waals surface area contributed by atoms with Crippen molar-refractivity contribution in [3.8, 4) is 0 Å². The molecule has 1 spiro atoms. The molecule has 3 saturated heterocycles. The van der Waals surface area contributed by atoms with E-state index in [1.54, 1.807) is 20.8 Å². The first-order valence-electron chi connectivity index (χ1n) is 10.5. The zero-order valence-electron chi connectivity index (χ0n) is 18.8. The third-order valence-electron chi connectivity index (χ3n) is 5.59. The molecule has 0 aromatic rings. The van der Waals surface area contributed by atoms with Crippen LogP contribution in [0.3, 0.4) is 0 Å². The first-order valence-corrected chi connectivity index (χ1v) is 10.5. The molecule has 11 heteroatoms. The van der Waals surface area contributed by atoms with Crippen molar-refractivity contribution >= 4 is 12.2 Å². The molecule has 0 aliphatic carbocycles. The number of epoxide rings is 1. The molecule has 3 rings (SSSR count). The van der Waals surface area contributed by atoms with Crippen LogP contribution in [0.4, 0.5) is 9.59 Å². The number of hydrogen-bond donors (Lipinski definition) is 2. The normalized spacial score (nSPS) is 38.8. The number of nitrogens with one attached hydrogen (secondary N) is 1. The molecule has 6 atom stereocenters. The Balaban J connectivity index is 1.84. The number of ether oxygens (including phenoxy) is 7. The largest absolute Gasteiger partial charge is 0.449 e. The van der Waals surface area contributed by atoms with Gasteiger partial charge in [-0.1, -0.05) is 13.8 Å². The number of amides is 2. The minimum Gasteiger partial charge on any atom is -0.449 e. The van der Waals surface area contributed by atoms with Gasteiger partial charge in [-0.25, -0.2) is 14.9 Å². The van der Waals surface area contributed by atoms with Crippen LogP contribution in [0, 0.1) is 5.92 Å². The molecule has 2 unspecified atom stereocenters. The maximum Gasteiger partial charge on any atom is 0.417 e. The minimum atomic E-state index is -1.85. The van der Waals surface area contributed by atoms with Gasteiger partial charge in [-0.05, 0) is 33.1 Å². The zero-order valence-corrected chi connectivity index (χ0v) is 18.8. The fraction of sp³-hybridized carbons (Fsp3) is 0.900. The van der Waals surface area contributed by atoms with Crippen LogP contribution in [0.5, 0.6) is 0 Å². The fourth-order valence-corrected chi connectivity index (χ4v) is 4.31. The summed E-state index contributed by atoms with van der Waals surface area (Å²) in [6.07, 6.45) is -4.34. The SMILES string of the molecule is CCOC(=O)NC(=O)O[C@@H]1CO[C@]2(COC(C)(C)O2)[C@@](O)(C2OC2CC(C)C)[C@@H]1OC. The van der Waals surface area contributed by atoms with E-state index < -0.39 is 47.7 Å². The second-order valence-corrected chi connectivity index (χ2v) is 8.85. The van der Waals surface area contributed by atoms with Gasteiger partial charge < -0.3 is 38.3 Å². The van der Waals surface area contributed by atoms with Crippen LogP contribution < -0.4 is 5.32 Å². The van der Waals surface area contributed by atoms with Crippen molar-refractivity contribution in [1.82, 2.24) is 5.32 Å². The molecule has 0 aromatic carbocycles. The van der Waals surface area contributed by atoms with Gasteiger partial charge in [-0.2, -0.15) is 0 Å². The summed E-state index contributed by atoms with van der Waals surface area (Å²) >= 11 is 0. The van der Waals surface area contributed by atoms with E-state index in [0.29, 0.717) is 12.3 Å². The van der Waals surface area contributed by atoms with Crippen molar-refractivity contribution in [3.05, 3.63) is 0 Å². The van der Waals surface area contributed by atoms with E-state index in [9.17, 15) is 14.7 Å². The van der Waals surface area contributed by atoms with E-state index in [1.807, 2.05) is 19.2 Å². The van der Waals surface area contributed by atoms with Crippen LogP contribution in [-0.4, -0.2) is 85.8 Å². The Morgan fingerprint density at radius 1 is 1.23 bits per heavy atom. The van der Waals surface area contributed by atoms with Crippen LogP contribution in [0.1, 0.15) is 41.0 Å². The number of carbonyl (C=O) groups excluding carboxylic acids is 2. The molecular formula is C20H33NO10. The number of carbonyl (C=O) groups is 2. The summed E-state index contributed by atoms with van der Waals surface area (Å²) in [6.45, 7) is 9.00. The van der Waals surface area contributed by atoms with Crippen LogP contribution in [0.2, 0.25) is 0 Å². The van der Waals surface area contributed by atoms with Crippen molar-refractivity contribution in [2.75, 3.05) is 26.9 Å². The van der Waals surface area contributed by atoms with E-state index >= 15 is 0 Å². The van der Waals surface area contributed by atoms with Gasteiger partial charge >= 0.3 is 12.2 Å². The summed E-state index contributed by atoms with van der Waals surface area (Å²) in [5.41, 5.74) is -1.85. The predicted molar refractivity (Wildman–Crippen MR) is 104 cm³/mol. The highest BCUT2D eigenvalue weighted by Gasteiger charge is 2.76. The number of aliphatic hydroxyl groups is 1. The Bertz CT molecular complexity index is 685. The minimum absolute atomic E-state index is 0.0631. The number of rotatable bonds is 6. The molecule has 178 valence electrons. The number of alkyl carbamates (subject to hydrolysis) is 2. The Hall–Kier alpha value is -1.50. The summed E-state index contributed by atoms with van der Waals surface area (Å²) in [5.74, 6) is -2.26. The molecule has 11 nitrogen and oxygen atoms in total. The number of methoxy groups -OCH3 is 1. The third kappa shape index (κ3) is 4.67. The highest BCUT2D eigenvalue weighted by Crippen LogP contribution is 2.53. The average Bonchev–Trinajstić information content (AvgIpc) is 3.34. The van der Waals surface area contributed by atoms with Crippen molar-refractivity contribution < 1.29 is 47.9 Å². The van der Waals surface area contributed by atoms with Crippen molar-refractivity contribution in [2.24, 2.45) is 5.92 Å². The van der Waals surface area contributed by atoms with Crippen LogP contribution >= 0.6 is 0 Å². The molecule has 0 radical (unpaired) electrons. The van der Waals surface area contributed by atoms with Crippen LogP contribution in [0.25, 0.3) is 0 Å². The summed E-state index contributed by atoms with van der Waals surface area (Å²) in [4.78, 5) is 23.7. The van der Waals surface area contributed by atoms with Gasteiger partial charge in [0.2, 0.25) is 5.79 Å². The zero-order chi connectivity index (χ0) is 23.0. The maximum absolute atomic E-state index is 12.2. The Kier molecular flexibility index (Phi) is 6.85. The van der Waals surface area contributed by atoms with Gasteiger partial charge in [-0.3, -0.25) is 0 Å². The quantitative estimate of drug-likeness (QED) is 0.574. The molecule has 0 bridgehead atoms. The molecule has 2 amide bonds. The van der Waals surface area contributed by atoms with E-state index in [2.05, 4.69) is 4.74 Å². The predicted octanol–water partition coefficient (Wildman–Crippen LogP) is 1.31. The van der Waals surface area contributed by atoms with Crippen molar-refractivity contribution in [3.63, 3.8) is 0 Å². The van der Waals surface area contributed by atoms with Crippen molar-refractivity contribution in [1.29, 1.82) is 0 Å². The molecule has 3 aliphatic heterocycles. The van der Waals surface area contributed by atoms with E-state index in [1.165, 1.54) is 7.11 Å². The summed E-state index contributed by atoms with van der Waals surface area (Å²) < 4.78 is 39.2. The Morgan fingerprint density at radius 2 is 1.94 bits per heavy atom. The highest BCUT2D eigenvalue weighted by molar-refractivity contribution is 5.87. The third-order valence-corrected chi connectivity index (χ3v) is 5.59. The van der Waals surface area contributed by atoms with Gasteiger partial charge in [0.05, 0.1) is 19.3 Å². The van der Waals surface area contributed by atoms with E-state index in [-0.39, 0.29) is 25.9 Å². The number of hydrogen-bond acceptors (Lipinski definition) is 10. The van der Waals surface area contributed by atoms with E-state index in [4.69, 9.17) is 28.4 Å². The lowest BCUT2D eigenvalue weighted by Gasteiger charge is -2.51. The van der Waals surface area contributed by atoms with Gasteiger partial charge in [0, 0.05) is 7.11 Å². The second kappa shape index (κ2) is 8.80. The average molecular weight is 447 g/mol. The Morgan fingerprint density at radius 3 is 2.48 bits per heavy atom. The van der Waals surface area contributed by atoms with Gasteiger partial charge in [0.25, 0.3) is 0 Å². The summed E-state index contributed by atoms with van der Waals surface area (Å²) in [6, 6.07) is 0. The monoisotopic (exact) mass is 447 g/mol. The van der Waals surface area contributed by atoms with Gasteiger partial charge in [0.1, 0.15) is 18.8 Å². The van der Waals surface area contributed by atoms with Crippen molar-refractivity contribution in [2.45, 2.75) is 82.6 Å². The summed E-state index contributed by atoms with van der Waals surface area (Å²) in [5, 5.41) is 14.0. The lowest BCUT2D eigenvalue weighted by atomic mass is 9.77. The van der Waals surface area contributed by atoms with Crippen LogP contribution in [-0.2, 0) is 33.2 Å². The van der Waals surface area contributed by atoms with Gasteiger partial charge in [0.15, 0.2) is 17.5 Å². The molecule has 2 N–H and O–H groups in total. The highest BCUT2D eigenvalue weighted by atomic mass is 16.8. The Labute approximate surface area is 181 Å². The lowest BCUT2D eigenvalue weighted by Crippen LogP contribution is -2.75. The molecule has 3 fully saturated rings. The molecule has 31 heavy (non-hydrogen) atoms. The maximum atomic E-state index is 12.2. The standard InChI is InChI=1S/C20H33NO10/c1-7-26-16(22)21-17(23)30-13-9-27-19(10-28-18(4,5)31-19)20(24,14(13)25-6)15-12(29-15)8-11(2)3/h11-15,24H,7-10H2,1-6H3,(H,21,22,23)/t12?,13-,14-,15?,19+,20+/m1/s1. The topological polar surface area (TPSA) is 134 Å². The summed E-state index contributed by atoms with van der Waals surface area (Å²) in [7, 11) is 1.38. The molecule has 0 aromatic heterocycles. The fourth-order valence-electron chi connectivity index (χ4n) is 4.31. The molecule has 3 heterocycles.